The Morgan fingerprint density at radius 2 is 0.975 bits per heavy atom. The number of Topliss-reactive ketones (excluding diaryl/α,β-unsaturated/α-hetero) is 2. The molecule has 2 aliphatic rings. The summed E-state index contributed by atoms with van der Waals surface area (Å²) in [7, 11) is 0. The Balaban J connectivity index is 1.52. The molecule has 4 aromatic carbocycles. The Hall–Kier alpha value is -6.42. The largest absolute Gasteiger partial charge is 0.293 e. The minimum atomic E-state index is -1.26. The monoisotopic (exact) mass is 517 g/mol. The number of nitrogens with zero attached hydrogens (tertiary/aromatic N) is 5. The van der Waals surface area contributed by atoms with E-state index in [1.165, 1.54) is 60.7 Å². The van der Waals surface area contributed by atoms with Crippen LogP contribution in [0, 0.1) is 45.3 Å². The summed E-state index contributed by atoms with van der Waals surface area (Å²) >= 11 is 0. The molecule has 184 valence electrons. The van der Waals surface area contributed by atoms with E-state index in [0.717, 1.165) is 4.90 Å². The summed E-state index contributed by atoms with van der Waals surface area (Å²) in [6, 6.07) is 21.5. The summed E-state index contributed by atoms with van der Waals surface area (Å²) < 4.78 is 0. The third kappa shape index (κ3) is 3.10. The standard InChI is InChI=1S/C31H11N5O4/c32-11-16-2-1-15(9-18(16)13-34)25-28(37)21-5-7-23-27-24(8-6-22(26(21)27)29(25)38)31(40)36(30(23)39)20-4-3-17(12-33)19(10-20)14-35/h1-10,25H. The topological polar surface area (TPSA) is 167 Å². The number of hydrogen-bond donors (Lipinski definition) is 0. The fourth-order valence-electron chi connectivity index (χ4n) is 5.36. The van der Waals surface area contributed by atoms with E-state index in [1.807, 2.05) is 24.3 Å². The Bertz CT molecular complexity index is 1880. The first kappa shape index (κ1) is 23.9. The summed E-state index contributed by atoms with van der Waals surface area (Å²) in [5.74, 6) is -3.78. The average Bonchev–Trinajstić information content (AvgIpc) is 2.98. The van der Waals surface area contributed by atoms with E-state index in [-0.39, 0.29) is 66.5 Å². The second kappa shape index (κ2) is 8.57. The van der Waals surface area contributed by atoms with Crippen molar-refractivity contribution in [3.8, 4) is 24.3 Å². The second-order valence-corrected chi connectivity index (χ2v) is 9.16. The second-order valence-electron chi connectivity index (χ2n) is 9.16. The van der Waals surface area contributed by atoms with Gasteiger partial charge in [-0.15, -0.1) is 0 Å². The maximum Gasteiger partial charge on any atom is 0.265 e. The molecule has 1 aliphatic carbocycles. The van der Waals surface area contributed by atoms with Crippen molar-refractivity contribution in [1.82, 2.24) is 0 Å². The van der Waals surface area contributed by atoms with Crippen LogP contribution in [0.2, 0.25) is 0 Å². The normalized spacial score (nSPS) is 13.9. The predicted octanol–water partition coefficient (Wildman–Crippen LogP) is 4.29. The highest BCUT2D eigenvalue weighted by atomic mass is 16.2. The highest BCUT2D eigenvalue weighted by Crippen LogP contribution is 2.42. The van der Waals surface area contributed by atoms with Crippen LogP contribution in [0.1, 0.15) is 75.2 Å². The maximum atomic E-state index is 13.7. The molecule has 0 saturated heterocycles. The van der Waals surface area contributed by atoms with E-state index in [2.05, 4.69) is 0 Å². The van der Waals surface area contributed by atoms with Crippen LogP contribution in [0.25, 0.3) is 10.8 Å². The van der Waals surface area contributed by atoms with Crippen molar-refractivity contribution in [3.63, 3.8) is 0 Å². The van der Waals surface area contributed by atoms with Crippen LogP contribution in [0.4, 0.5) is 5.69 Å². The molecular weight excluding hydrogens is 506 g/mol. The zero-order chi connectivity index (χ0) is 28.3. The van der Waals surface area contributed by atoms with Crippen LogP contribution in [0.5, 0.6) is 0 Å². The lowest BCUT2D eigenvalue weighted by Crippen LogP contribution is -2.41. The van der Waals surface area contributed by atoms with Gasteiger partial charge in [0.1, 0.15) is 30.2 Å². The molecule has 9 heteroatoms. The van der Waals surface area contributed by atoms with Gasteiger partial charge in [-0.05, 0) is 60.2 Å². The van der Waals surface area contributed by atoms with Crippen molar-refractivity contribution < 1.29 is 19.2 Å². The lowest BCUT2D eigenvalue weighted by Gasteiger charge is -2.30. The van der Waals surface area contributed by atoms with Crippen LogP contribution >= 0.6 is 0 Å². The van der Waals surface area contributed by atoms with Gasteiger partial charge in [-0.1, -0.05) is 6.07 Å². The van der Waals surface area contributed by atoms with E-state index >= 15 is 0 Å². The molecule has 0 bridgehead atoms. The number of amides is 2. The minimum absolute atomic E-state index is 0.00115. The zero-order valence-electron chi connectivity index (χ0n) is 20.2. The summed E-state index contributed by atoms with van der Waals surface area (Å²) in [6.07, 6.45) is 0. The van der Waals surface area contributed by atoms with Gasteiger partial charge < -0.3 is 0 Å². The summed E-state index contributed by atoms with van der Waals surface area (Å²) in [5, 5.41) is 37.7. The number of benzene rings is 4. The van der Waals surface area contributed by atoms with Crippen molar-refractivity contribution in [1.29, 1.82) is 21.0 Å². The highest BCUT2D eigenvalue weighted by Gasteiger charge is 2.42. The molecule has 4 aromatic rings. The van der Waals surface area contributed by atoms with Crippen LogP contribution < -0.4 is 4.90 Å². The van der Waals surface area contributed by atoms with E-state index in [0.29, 0.717) is 0 Å². The molecular formula is C31H11N5O4. The van der Waals surface area contributed by atoms with Crippen molar-refractivity contribution in [2.24, 2.45) is 0 Å². The molecule has 0 atom stereocenters. The number of nitriles is 4. The summed E-state index contributed by atoms with van der Waals surface area (Å²) in [5.41, 5.74) is 1.12. The van der Waals surface area contributed by atoms with Gasteiger partial charge in [0, 0.05) is 33.0 Å². The first-order valence-corrected chi connectivity index (χ1v) is 11.8. The third-order valence-corrected chi connectivity index (χ3v) is 7.20. The van der Waals surface area contributed by atoms with Crippen molar-refractivity contribution in [2.75, 3.05) is 4.90 Å². The van der Waals surface area contributed by atoms with E-state index < -0.39 is 29.3 Å². The van der Waals surface area contributed by atoms with Gasteiger partial charge in [-0.3, -0.25) is 19.2 Å². The molecule has 0 N–H and O–H groups in total. The molecule has 0 spiro atoms. The Morgan fingerprint density at radius 3 is 1.50 bits per heavy atom. The molecule has 40 heavy (non-hydrogen) atoms. The van der Waals surface area contributed by atoms with Gasteiger partial charge in [-0.25, -0.2) is 4.90 Å². The lowest BCUT2D eigenvalue weighted by atomic mass is 9.74. The molecule has 6 rings (SSSR count). The SMILES string of the molecule is N#Cc1ccc(C2C(=O)c3ccc4c5c(ccc(c35)C2=O)C(=O)N(c2ccc(C#N)c(C#N)c2)C4=O)cc1C#N. The number of ketones is 2. The molecule has 1 aliphatic heterocycles. The van der Waals surface area contributed by atoms with Crippen molar-refractivity contribution in [3.05, 3.63) is 111 Å². The van der Waals surface area contributed by atoms with E-state index in [1.54, 1.807) is 0 Å². The number of hydrogen-bond acceptors (Lipinski definition) is 8. The smallest absolute Gasteiger partial charge is 0.265 e. The fourth-order valence-corrected chi connectivity index (χ4v) is 5.36. The molecule has 2 amide bonds. The lowest BCUT2D eigenvalue weighted by molar-refractivity contribution is 0.0847. The van der Waals surface area contributed by atoms with Gasteiger partial charge in [0.15, 0.2) is 11.6 Å². The average molecular weight is 517 g/mol. The van der Waals surface area contributed by atoms with E-state index in [4.69, 9.17) is 0 Å². The Morgan fingerprint density at radius 1 is 0.525 bits per heavy atom. The molecule has 1 heterocycles. The molecule has 0 unspecified atom stereocenters. The quantitative estimate of drug-likeness (QED) is 0.280. The number of carbonyl (C=O) groups excluding carboxylic acids is 4. The van der Waals surface area contributed by atoms with Gasteiger partial charge in [0.2, 0.25) is 0 Å². The number of carbonyl (C=O) groups is 4. The van der Waals surface area contributed by atoms with Crippen molar-refractivity contribution >= 4 is 39.8 Å². The van der Waals surface area contributed by atoms with Crippen LogP contribution in [0.3, 0.4) is 0 Å². The third-order valence-electron chi connectivity index (χ3n) is 7.20. The molecule has 0 saturated carbocycles. The molecule has 0 aromatic heterocycles. The van der Waals surface area contributed by atoms with Crippen LogP contribution in [0.15, 0.2) is 60.7 Å². The molecule has 0 radical (unpaired) electrons. The Kier molecular flexibility index (Phi) is 5.13. The summed E-state index contributed by atoms with van der Waals surface area (Å²) in [6.45, 7) is 0. The highest BCUT2D eigenvalue weighted by molar-refractivity contribution is 6.40. The predicted molar refractivity (Wildman–Crippen MR) is 138 cm³/mol. The van der Waals surface area contributed by atoms with Gasteiger partial charge >= 0.3 is 0 Å². The fraction of sp³-hybridized carbons (Fsp3) is 0.0323. The van der Waals surface area contributed by atoms with Crippen molar-refractivity contribution in [2.45, 2.75) is 5.92 Å². The van der Waals surface area contributed by atoms with E-state index in [9.17, 15) is 40.2 Å². The maximum absolute atomic E-state index is 13.7. The van der Waals surface area contributed by atoms with Crippen LogP contribution in [-0.2, 0) is 0 Å². The van der Waals surface area contributed by atoms with Crippen LogP contribution in [-0.4, -0.2) is 23.4 Å². The molecule has 0 fully saturated rings. The number of rotatable bonds is 2. The number of imide groups is 1. The molecule has 9 nitrogen and oxygen atoms in total. The first-order chi connectivity index (χ1) is 19.3. The van der Waals surface area contributed by atoms with Gasteiger partial charge in [0.25, 0.3) is 11.8 Å². The number of anilines is 1. The summed E-state index contributed by atoms with van der Waals surface area (Å²) in [4.78, 5) is 55.5. The minimum Gasteiger partial charge on any atom is -0.293 e. The van der Waals surface area contributed by atoms with Gasteiger partial charge in [0.05, 0.1) is 27.9 Å². The first-order valence-electron chi connectivity index (χ1n) is 11.8. The zero-order valence-corrected chi connectivity index (χ0v) is 20.2. The Labute approximate surface area is 225 Å². The van der Waals surface area contributed by atoms with Gasteiger partial charge in [-0.2, -0.15) is 21.0 Å².